The van der Waals surface area contributed by atoms with E-state index in [0.717, 1.165) is 16.7 Å². The number of aromatic amines is 3. The number of nitrogens with one attached hydrogen (secondary N) is 7. The van der Waals surface area contributed by atoms with Gasteiger partial charge in [0, 0.05) is 55.0 Å². The minimum atomic E-state index is -1.29. The van der Waals surface area contributed by atoms with E-state index in [0.29, 0.717) is 23.7 Å². The largest absolute Gasteiger partial charge is 0.484 e. The Kier molecular flexibility index (Phi) is 12.5. The molecule has 0 aliphatic rings. The summed E-state index contributed by atoms with van der Waals surface area (Å²) in [6.07, 6.45) is 5.24. The SMILES string of the molecule is C#Cc1ccc(C(C)Oc2cc(C(=O)NCC)[nH]c2C(=O)NCCc2cnc(NC(O)c3cc(OC(C)c4ccc(Cl)cc4)c(C(=O)NC)[nH]3)[nH]2)cc1. The van der Waals surface area contributed by atoms with Crippen LogP contribution in [0.15, 0.2) is 66.9 Å². The number of rotatable bonds is 16. The first-order chi connectivity index (χ1) is 25.5. The molecule has 14 nitrogen and oxygen atoms in total. The molecule has 3 atom stereocenters. The lowest BCUT2D eigenvalue weighted by molar-refractivity contribution is 0.0936. The van der Waals surface area contributed by atoms with Gasteiger partial charge in [0.1, 0.15) is 29.3 Å². The van der Waals surface area contributed by atoms with Gasteiger partial charge in [0.25, 0.3) is 17.7 Å². The highest BCUT2D eigenvalue weighted by Crippen LogP contribution is 2.30. The van der Waals surface area contributed by atoms with Crippen LogP contribution in [0.3, 0.4) is 0 Å². The maximum atomic E-state index is 13.3. The van der Waals surface area contributed by atoms with Crippen molar-refractivity contribution >= 4 is 35.3 Å². The molecule has 0 aliphatic carbocycles. The maximum Gasteiger partial charge on any atom is 0.271 e. The van der Waals surface area contributed by atoms with Crippen molar-refractivity contribution in [3.05, 3.63) is 117 Å². The molecule has 0 spiro atoms. The number of anilines is 1. The van der Waals surface area contributed by atoms with Gasteiger partial charge in [0.15, 0.2) is 17.7 Å². The normalized spacial score (nSPS) is 12.5. The number of aliphatic hydroxyl groups is 1. The van der Waals surface area contributed by atoms with Gasteiger partial charge < -0.3 is 50.8 Å². The summed E-state index contributed by atoms with van der Waals surface area (Å²) in [5.74, 6) is 2.03. The second-order valence-corrected chi connectivity index (χ2v) is 12.4. The fourth-order valence-electron chi connectivity index (χ4n) is 5.33. The highest BCUT2D eigenvalue weighted by atomic mass is 35.5. The van der Waals surface area contributed by atoms with Gasteiger partial charge in [-0.15, -0.1) is 6.42 Å². The lowest BCUT2D eigenvalue weighted by atomic mass is 10.1. The highest BCUT2D eigenvalue weighted by molar-refractivity contribution is 6.30. The molecule has 3 aromatic heterocycles. The van der Waals surface area contributed by atoms with E-state index in [1.54, 1.807) is 43.5 Å². The summed E-state index contributed by atoms with van der Waals surface area (Å²) < 4.78 is 12.2. The Morgan fingerprint density at radius 2 is 1.51 bits per heavy atom. The number of aliphatic hydroxyl groups excluding tert-OH is 1. The summed E-state index contributed by atoms with van der Waals surface area (Å²) in [7, 11) is 1.49. The van der Waals surface area contributed by atoms with E-state index >= 15 is 0 Å². The van der Waals surface area contributed by atoms with Gasteiger partial charge in [-0.25, -0.2) is 4.98 Å². The second kappa shape index (κ2) is 17.4. The van der Waals surface area contributed by atoms with Crippen molar-refractivity contribution in [2.45, 2.75) is 45.6 Å². The average Bonchev–Trinajstić information content (AvgIpc) is 3.91. The van der Waals surface area contributed by atoms with Crippen molar-refractivity contribution in [2.24, 2.45) is 0 Å². The Bertz CT molecular complexity index is 2080. The zero-order valence-corrected chi connectivity index (χ0v) is 30.4. The van der Waals surface area contributed by atoms with Gasteiger partial charge in [0.2, 0.25) is 5.95 Å². The number of aromatic nitrogens is 4. The molecule has 3 heterocycles. The van der Waals surface area contributed by atoms with Crippen LogP contribution in [0.2, 0.25) is 5.02 Å². The van der Waals surface area contributed by atoms with Crippen LogP contribution in [-0.4, -0.2) is 62.9 Å². The Labute approximate surface area is 311 Å². The zero-order valence-electron chi connectivity index (χ0n) is 29.6. The molecule has 5 aromatic rings. The van der Waals surface area contributed by atoms with Gasteiger partial charge in [-0.1, -0.05) is 41.8 Å². The lowest BCUT2D eigenvalue weighted by Crippen LogP contribution is -2.27. The van der Waals surface area contributed by atoms with Crippen molar-refractivity contribution in [2.75, 3.05) is 25.5 Å². The van der Waals surface area contributed by atoms with Crippen LogP contribution < -0.4 is 30.7 Å². The number of halogens is 1. The minimum absolute atomic E-state index is 0.0985. The molecule has 0 saturated carbocycles. The molecule has 53 heavy (non-hydrogen) atoms. The maximum absolute atomic E-state index is 13.3. The van der Waals surface area contributed by atoms with Crippen LogP contribution in [0.1, 0.15) is 98.8 Å². The molecule has 0 saturated heterocycles. The second-order valence-electron chi connectivity index (χ2n) is 12.0. The van der Waals surface area contributed by atoms with Gasteiger partial charge in [-0.05, 0) is 56.2 Å². The number of carbonyl (C=O) groups excluding carboxylic acids is 3. The number of nitrogens with zero attached hydrogens (tertiary/aromatic N) is 1. The Morgan fingerprint density at radius 1 is 0.887 bits per heavy atom. The van der Waals surface area contributed by atoms with Crippen molar-refractivity contribution in [1.82, 2.24) is 35.9 Å². The van der Waals surface area contributed by atoms with Crippen LogP contribution >= 0.6 is 11.6 Å². The summed E-state index contributed by atoms with van der Waals surface area (Å²) in [5.41, 5.74) is 3.77. The van der Waals surface area contributed by atoms with Crippen molar-refractivity contribution in [3.8, 4) is 23.8 Å². The van der Waals surface area contributed by atoms with Crippen LogP contribution in [-0.2, 0) is 6.42 Å². The Hall–Kier alpha value is -6.17. The Morgan fingerprint density at radius 3 is 2.13 bits per heavy atom. The summed E-state index contributed by atoms with van der Waals surface area (Å²) in [6, 6.07) is 17.5. The number of amides is 3. The third kappa shape index (κ3) is 9.59. The van der Waals surface area contributed by atoms with Crippen molar-refractivity contribution in [1.29, 1.82) is 0 Å². The number of benzene rings is 2. The predicted molar refractivity (Wildman–Crippen MR) is 200 cm³/mol. The first kappa shape index (κ1) is 38.1. The van der Waals surface area contributed by atoms with Gasteiger partial charge in [0.05, 0.1) is 11.9 Å². The third-order valence-electron chi connectivity index (χ3n) is 8.22. The topological polar surface area (TPSA) is 198 Å². The van der Waals surface area contributed by atoms with Crippen LogP contribution in [0.4, 0.5) is 5.95 Å². The first-order valence-corrected chi connectivity index (χ1v) is 17.3. The van der Waals surface area contributed by atoms with Gasteiger partial charge >= 0.3 is 0 Å². The Balaban J connectivity index is 1.20. The van der Waals surface area contributed by atoms with Crippen LogP contribution in [0, 0.1) is 12.3 Å². The van der Waals surface area contributed by atoms with Crippen molar-refractivity contribution in [3.63, 3.8) is 0 Å². The molecule has 5 rings (SSSR count). The van der Waals surface area contributed by atoms with Crippen molar-refractivity contribution < 1.29 is 29.0 Å². The summed E-state index contributed by atoms with van der Waals surface area (Å²) >= 11 is 6.01. The number of imidazole rings is 1. The zero-order chi connectivity index (χ0) is 38.1. The molecule has 0 radical (unpaired) electrons. The summed E-state index contributed by atoms with van der Waals surface area (Å²) in [5, 5.41) is 22.6. The van der Waals surface area contributed by atoms with Gasteiger partial charge in [-0.3, -0.25) is 14.4 Å². The number of ether oxygens (including phenoxy) is 2. The summed E-state index contributed by atoms with van der Waals surface area (Å²) in [6.45, 7) is 6.08. The van der Waals surface area contributed by atoms with Gasteiger partial charge in [-0.2, -0.15) is 0 Å². The molecule has 0 aliphatic heterocycles. The van der Waals surface area contributed by atoms with Crippen LogP contribution in [0.5, 0.6) is 11.5 Å². The third-order valence-corrected chi connectivity index (χ3v) is 8.47. The number of hydrogen-bond acceptors (Lipinski definition) is 8. The highest BCUT2D eigenvalue weighted by Gasteiger charge is 2.24. The number of carbonyl (C=O) groups is 3. The fourth-order valence-corrected chi connectivity index (χ4v) is 5.46. The monoisotopic (exact) mass is 740 g/mol. The molecule has 276 valence electrons. The molecular formula is C38H41ClN8O6. The predicted octanol–water partition coefficient (Wildman–Crippen LogP) is 5.17. The molecule has 8 N–H and O–H groups in total. The standard InChI is InChI=1S/C38H41ClN8O6/c1-6-23-8-10-24(11-9-23)21(3)53-31-18-28(34(48)41-7-2)45-33(31)37(51)42-17-16-27-20-43-38(44-27)47-35(49)29-19-30(32(46-29)36(50)40-5)52-22(4)25-12-14-26(39)15-13-25/h1,8-15,18-22,35,45-46,49H,7,16-17H2,2-5H3,(H,40,50)(H,41,48)(H,42,51)(H2,43,44,47). The van der Waals surface area contributed by atoms with E-state index in [1.807, 2.05) is 38.1 Å². The number of H-pyrrole nitrogens is 3. The van der Waals surface area contributed by atoms with E-state index < -0.39 is 30.3 Å². The molecule has 0 bridgehead atoms. The molecule has 3 amide bonds. The smallest absolute Gasteiger partial charge is 0.271 e. The molecule has 3 unspecified atom stereocenters. The van der Waals surface area contributed by atoms with Crippen LogP contribution in [0.25, 0.3) is 0 Å². The summed E-state index contributed by atoms with van der Waals surface area (Å²) in [4.78, 5) is 51.7. The molecular weight excluding hydrogens is 700 g/mol. The van der Waals surface area contributed by atoms with E-state index in [-0.39, 0.29) is 52.7 Å². The fraction of sp³-hybridized carbons (Fsp3) is 0.263. The molecule has 0 fully saturated rings. The number of hydrogen-bond donors (Lipinski definition) is 8. The number of terminal acetylenes is 1. The average molecular weight is 741 g/mol. The quantitative estimate of drug-likeness (QED) is 0.0501. The van der Waals surface area contributed by atoms with E-state index in [1.165, 1.54) is 13.1 Å². The minimum Gasteiger partial charge on any atom is -0.484 e. The molecule has 2 aromatic carbocycles. The van der Waals surface area contributed by atoms with E-state index in [4.69, 9.17) is 27.5 Å². The lowest BCUT2D eigenvalue weighted by Gasteiger charge is -2.15. The van der Waals surface area contributed by atoms with E-state index in [9.17, 15) is 19.5 Å². The van der Waals surface area contributed by atoms with E-state index in [2.05, 4.69) is 47.1 Å². The molecule has 15 heteroatoms. The first-order valence-electron chi connectivity index (χ1n) is 16.9.